The minimum Gasteiger partial charge on any atom is -0.480 e. The first-order valence-electron chi connectivity index (χ1n) is 6.21. The Hall–Kier alpha value is -1.18. The second-order valence-corrected chi connectivity index (χ2v) is 6.77. The van der Waals surface area contributed by atoms with E-state index in [2.05, 4.69) is 0 Å². The van der Waals surface area contributed by atoms with Crippen LogP contribution in [0.1, 0.15) is 25.7 Å². The number of rotatable bonds is 6. The molecule has 1 saturated carbocycles. The Kier molecular flexibility index (Phi) is 3.80. The van der Waals surface area contributed by atoms with Crippen LogP contribution in [0, 0.1) is 11.8 Å². The number of likely N-dealkylation sites (tertiary alicyclic amines) is 1. The van der Waals surface area contributed by atoms with Gasteiger partial charge in [-0.3, -0.25) is 4.79 Å². The largest absolute Gasteiger partial charge is 0.480 e. The maximum absolute atomic E-state index is 12.6. The molecule has 0 radical (unpaired) electrons. The molecule has 0 aromatic carbocycles. The summed E-state index contributed by atoms with van der Waals surface area (Å²) in [7, 11) is -4.64. The summed E-state index contributed by atoms with van der Waals surface area (Å²) in [5, 5.41) is 9.16. The van der Waals surface area contributed by atoms with Crippen molar-refractivity contribution in [2.24, 2.45) is 11.8 Å². The molecule has 19 heavy (non-hydrogen) atoms. The maximum atomic E-state index is 12.6. The number of hydrogen-bond donors (Lipinski definition) is 1. The summed E-state index contributed by atoms with van der Waals surface area (Å²) in [6.07, 6.45) is 2.23. The zero-order chi connectivity index (χ0) is 14.2. The van der Waals surface area contributed by atoms with Crippen molar-refractivity contribution in [3.05, 3.63) is 0 Å². The molecule has 2 rings (SSSR count). The molecule has 0 aromatic rings. The number of carboxylic acid groups (broad SMARTS) is 1. The number of aliphatic carboxylic acids is 1. The van der Waals surface area contributed by atoms with Crippen LogP contribution in [0.5, 0.6) is 0 Å². The highest BCUT2D eigenvalue weighted by Gasteiger charge is 2.41. The molecular formula is C11H16FNO5S. The Morgan fingerprint density at radius 3 is 2.53 bits per heavy atom. The Labute approximate surface area is 110 Å². The van der Waals surface area contributed by atoms with Gasteiger partial charge in [-0.05, 0) is 12.3 Å². The molecule has 1 aliphatic carbocycles. The van der Waals surface area contributed by atoms with Crippen molar-refractivity contribution in [2.75, 3.05) is 12.3 Å². The van der Waals surface area contributed by atoms with E-state index >= 15 is 0 Å². The SMILES string of the molecule is O=C(O)[C@H](CC1CC1)N1CC(CS(=O)(=O)F)CC1=O. The first-order chi connectivity index (χ1) is 8.76. The first kappa shape index (κ1) is 14.2. The van der Waals surface area contributed by atoms with Gasteiger partial charge in [0, 0.05) is 18.9 Å². The van der Waals surface area contributed by atoms with E-state index in [9.17, 15) is 21.9 Å². The average molecular weight is 293 g/mol. The molecule has 1 amide bonds. The lowest BCUT2D eigenvalue weighted by Crippen LogP contribution is -2.42. The predicted molar refractivity (Wildman–Crippen MR) is 63.5 cm³/mol. The Morgan fingerprint density at radius 2 is 2.05 bits per heavy atom. The Balaban J connectivity index is 2.02. The standard InChI is InChI=1S/C11H16FNO5S/c12-19(17,18)6-8-4-10(14)13(5-8)9(11(15)16)3-7-1-2-7/h7-9H,1-6H2,(H,15,16)/t8?,9-/m0/s1. The molecule has 8 heteroatoms. The second-order valence-electron chi connectivity index (χ2n) is 5.35. The van der Waals surface area contributed by atoms with Crippen molar-refractivity contribution in [1.82, 2.24) is 4.90 Å². The molecule has 0 aromatic heterocycles. The molecule has 2 fully saturated rings. The summed E-state index contributed by atoms with van der Waals surface area (Å²) >= 11 is 0. The van der Waals surface area contributed by atoms with Gasteiger partial charge < -0.3 is 10.0 Å². The zero-order valence-corrected chi connectivity index (χ0v) is 11.1. The average Bonchev–Trinajstić information content (AvgIpc) is 2.98. The van der Waals surface area contributed by atoms with Crippen LogP contribution >= 0.6 is 0 Å². The Morgan fingerprint density at radius 1 is 1.42 bits per heavy atom. The molecule has 1 unspecified atom stereocenters. The number of nitrogens with zero attached hydrogens (tertiary/aromatic N) is 1. The molecular weight excluding hydrogens is 277 g/mol. The highest BCUT2D eigenvalue weighted by atomic mass is 32.3. The van der Waals surface area contributed by atoms with E-state index in [1.54, 1.807) is 0 Å². The van der Waals surface area contributed by atoms with Crippen LogP contribution in [0.15, 0.2) is 0 Å². The maximum Gasteiger partial charge on any atom is 0.326 e. The third-order valence-corrected chi connectivity index (χ3v) is 4.46. The van der Waals surface area contributed by atoms with Gasteiger partial charge >= 0.3 is 16.2 Å². The number of halogens is 1. The topological polar surface area (TPSA) is 91.8 Å². The van der Waals surface area contributed by atoms with Gasteiger partial charge in [0.15, 0.2) is 0 Å². The van der Waals surface area contributed by atoms with Crippen molar-refractivity contribution >= 4 is 22.1 Å². The normalized spacial score (nSPS) is 25.6. The van der Waals surface area contributed by atoms with Crippen LogP contribution in [0.3, 0.4) is 0 Å². The van der Waals surface area contributed by atoms with Crippen molar-refractivity contribution in [2.45, 2.75) is 31.7 Å². The molecule has 6 nitrogen and oxygen atoms in total. The van der Waals surface area contributed by atoms with Crippen LogP contribution in [0.25, 0.3) is 0 Å². The fourth-order valence-electron chi connectivity index (χ4n) is 2.53. The minimum absolute atomic E-state index is 0.00562. The predicted octanol–water partition coefficient (Wildman–Crippen LogP) is 0.388. The van der Waals surface area contributed by atoms with Crippen LogP contribution < -0.4 is 0 Å². The number of carboxylic acids is 1. The molecule has 1 heterocycles. The molecule has 0 spiro atoms. The molecule has 1 saturated heterocycles. The lowest BCUT2D eigenvalue weighted by atomic mass is 10.1. The summed E-state index contributed by atoms with van der Waals surface area (Å²) in [5.74, 6) is -2.52. The van der Waals surface area contributed by atoms with Crippen LogP contribution in [0.4, 0.5) is 3.89 Å². The van der Waals surface area contributed by atoms with E-state index in [4.69, 9.17) is 5.11 Å². The van der Waals surface area contributed by atoms with Gasteiger partial charge in [0.25, 0.3) is 0 Å². The van der Waals surface area contributed by atoms with Gasteiger partial charge in [-0.15, -0.1) is 3.89 Å². The second kappa shape index (κ2) is 5.07. The molecule has 1 N–H and O–H groups in total. The van der Waals surface area contributed by atoms with E-state index in [1.807, 2.05) is 0 Å². The molecule has 108 valence electrons. The van der Waals surface area contributed by atoms with Crippen LogP contribution in [-0.2, 0) is 19.8 Å². The van der Waals surface area contributed by atoms with Crippen molar-refractivity contribution in [3.63, 3.8) is 0 Å². The minimum atomic E-state index is -4.64. The van der Waals surface area contributed by atoms with Crippen LogP contribution in [0.2, 0.25) is 0 Å². The van der Waals surface area contributed by atoms with E-state index in [0.29, 0.717) is 12.3 Å². The fraction of sp³-hybridized carbons (Fsp3) is 0.818. The summed E-state index contributed by atoms with van der Waals surface area (Å²) < 4.78 is 33.8. The van der Waals surface area contributed by atoms with Crippen LogP contribution in [-0.4, -0.2) is 48.6 Å². The number of carbonyl (C=O) groups excluding carboxylic acids is 1. The lowest BCUT2D eigenvalue weighted by Gasteiger charge is -2.24. The van der Waals surface area contributed by atoms with E-state index in [0.717, 1.165) is 12.8 Å². The van der Waals surface area contributed by atoms with E-state index in [1.165, 1.54) is 4.90 Å². The highest BCUT2D eigenvalue weighted by molar-refractivity contribution is 7.86. The Bertz CT molecular complexity index is 487. The van der Waals surface area contributed by atoms with Crippen molar-refractivity contribution < 1.29 is 27.0 Å². The van der Waals surface area contributed by atoms with Gasteiger partial charge in [-0.1, -0.05) is 12.8 Å². The molecule has 2 atom stereocenters. The highest BCUT2D eigenvalue weighted by Crippen LogP contribution is 2.36. The van der Waals surface area contributed by atoms with Crippen molar-refractivity contribution in [1.29, 1.82) is 0 Å². The quantitative estimate of drug-likeness (QED) is 0.715. The number of carbonyl (C=O) groups is 2. The summed E-state index contributed by atoms with van der Waals surface area (Å²) in [6.45, 7) is 0.00562. The lowest BCUT2D eigenvalue weighted by molar-refractivity contribution is -0.148. The van der Waals surface area contributed by atoms with Gasteiger partial charge in [0.2, 0.25) is 5.91 Å². The smallest absolute Gasteiger partial charge is 0.326 e. The molecule has 2 aliphatic rings. The molecule has 0 bridgehead atoms. The van der Waals surface area contributed by atoms with Gasteiger partial charge in [0.1, 0.15) is 6.04 Å². The first-order valence-corrected chi connectivity index (χ1v) is 7.76. The summed E-state index contributed by atoms with van der Waals surface area (Å²) in [5.41, 5.74) is 0. The fourth-order valence-corrected chi connectivity index (χ4v) is 3.32. The van der Waals surface area contributed by atoms with Gasteiger partial charge in [-0.25, -0.2) is 4.79 Å². The number of hydrogen-bond acceptors (Lipinski definition) is 4. The zero-order valence-electron chi connectivity index (χ0n) is 10.3. The third-order valence-electron chi connectivity index (χ3n) is 3.59. The van der Waals surface area contributed by atoms with Crippen molar-refractivity contribution in [3.8, 4) is 0 Å². The van der Waals surface area contributed by atoms with Gasteiger partial charge in [0.05, 0.1) is 5.75 Å². The number of amides is 1. The monoisotopic (exact) mass is 293 g/mol. The van der Waals surface area contributed by atoms with Gasteiger partial charge in [-0.2, -0.15) is 8.42 Å². The van der Waals surface area contributed by atoms with E-state index in [-0.39, 0.29) is 13.0 Å². The summed E-state index contributed by atoms with van der Waals surface area (Å²) in [4.78, 5) is 24.2. The van der Waals surface area contributed by atoms with E-state index < -0.39 is 39.8 Å². The summed E-state index contributed by atoms with van der Waals surface area (Å²) in [6, 6.07) is -0.910. The molecule has 1 aliphatic heterocycles. The third kappa shape index (κ3) is 3.89.